The summed E-state index contributed by atoms with van der Waals surface area (Å²) < 4.78 is 5.24. The number of hydrogen-bond acceptors (Lipinski definition) is 5. The lowest BCUT2D eigenvalue weighted by Gasteiger charge is -2.20. The molecule has 9 heteroatoms. The highest BCUT2D eigenvalue weighted by molar-refractivity contribution is 8.22. The normalized spacial score (nSPS) is 11.2. The first-order valence-corrected chi connectivity index (χ1v) is 9.34. The van der Waals surface area contributed by atoms with Crippen LogP contribution in [0.5, 0.6) is 0 Å². The van der Waals surface area contributed by atoms with Gasteiger partial charge >= 0.3 is 5.69 Å². The molecule has 0 atom stereocenters. The molecule has 2 aromatic rings. The van der Waals surface area contributed by atoms with E-state index >= 15 is 0 Å². The quantitative estimate of drug-likeness (QED) is 0.563. The second kappa shape index (κ2) is 7.98. The molecule has 0 aliphatic carbocycles. The fraction of sp³-hybridized carbons (Fsp3) is 0.600. The van der Waals surface area contributed by atoms with E-state index in [1.54, 1.807) is 25.1 Å². The molecule has 0 amide bonds. The first kappa shape index (κ1) is 18.7. The minimum absolute atomic E-state index is 0.308. The third kappa shape index (κ3) is 3.56. The average Bonchev–Trinajstić information content (AvgIpc) is 3.00. The molecule has 0 radical (unpaired) electrons. The van der Waals surface area contributed by atoms with Gasteiger partial charge in [0.25, 0.3) is 5.56 Å². The topological polar surface area (TPSA) is 65.1 Å². The summed E-state index contributed by atoms with van der Waals surface area (Å²) in [7, 11) is 3.11. The first-order chi connectivity index (χ1) is 11.4. The van der Waals surface area contributed by atoms with Crippen LogP contribution in [0.4, 0.5) is 0 Å². The van der Waals surface area contributed by atoms with Crippen molar-refractivity contribution in [2.75, 3.05) is 18.8 Å². The zero-order chi connectivity index (χ0) is 17.9. The molecule has 0 aliphatic rings. The Balaban J connectivity index is 2.08. The first-order valence-electron chi connectivity index (χ1n) is 7.94. The number of nitrogens with zero attached hydrogens (tertiary/aromatic N) is 5. The van der Waals surface area contributed by atoms with E-state index < -0.39 is 0 Å². The summed E-state index contributed by atoms with van der Waals surface area (Å²) in [6, 6.07) is 0. The van der Waals surface area contributed by atoms with E-state index in [1.807, 2.05) is 4.57 Å². The molecule has 0 saturated carbocycles. The van der Waals surface area contributed by atoms with Crippen molar-refractivity contribution >= 4 is 39.5 Å². The van der Waals surface area contributed by atoms with E-state index in [4.69, 9.17) is 12.2 Å². The van der Waals surface area contributed by atoms with Gasteiger partial charge < -0.3 is 9.47 Å². The maximum absolute atomic E-state index is 12.3. The van der Waals surface area contributed by atoms with Crippen LogP contribution in [0.25, 0.3) is 11.2 Å². The highest BCUT2D eigenvalue weighted by atomic mass is 32.2. The van der Waals surface area contributed by atoms with Gasteiger partial charge in [-0.2, -0.15) is 0 Å². The van der Waals surface area contributed by atoms with Crippen molar-refractivity contribution in [2.24, 2.45) is 14.1 Å². The predicted octanol–water partition coefficient (Wildman–Crippen LogP) is 1.18. The van der Waals surface area contributed by atoms with Gasteiger partial charge in [-0.15, -0.1) is 0 Å². The van der Waals surface area contributed by atoms with Crippen molar-refractivity contribution in [3.05, 3.63) is 27.2 Å². The number of thioether (sulfide) groups is 1. The Hall–Kier alpha value is -1.61. The van der Waals surface area contributed by atoms with Crippen LogP contribution < -0.4 is 11.2 Å². The van der Waals surface area contributed by atoms with Crippen molar-refractivity contribution in [3.8, 4) is 0 Å². The van der Waals surface area contributed by atoms with Crippen LogP contribution in [-0.2, 0) is 20.6 Å². The van der Waals surface area contributed by atoms with Gasteiger partial charge in [0.1, 0.15) is 4.32 Å². The fourth-order valence-corrected chi connectivity index (χ4v) is 3.93. The molecular formula is C15H23N5O2S2. The molecule has 0 aliphatic heterocycles. The van der Waals surface area contributed by atoms with E-state index in [0.717, 1.165) is 34.2 Å². The van der Waals surface area contributed by atoms with Gasteiger partial charge in [0.2, 0.25) is 0 Å². The van der Waals surface area contributed by atoms with Gasteiger partial charge in [-0.1, -0.05) is 24.0 Å². The largest absolute Gasteiger partial charge is 0.358 e. The molecule has 0 unspecified atom stereocenters. The van der Waals surface area contributed by atoms with Crippen LogP contribution in [-0.4, -0.2) is 46.7 Å². The number of aryl methyl sites for hydroxylation is 2. The molecule has 0 saturated heterocycles. The zero-order valence-electron chi connectivity index (χ0n) is 14.5. The van der Waals surface area contributed by atoms with Crippen LogP contribution in [0.2, 0.25) is 0 Å². The smallest absolute Gasteiger partial charge is 0.332 e. The molecule has 0 N–H and O–H groups in total. The number of hydrogen-bond donors (Lipinski definition) is 0. The monoisotopic (exact) mass is 369 g/mol. The molecular weight excluding hydrogens is 346 g/mol. The number of aromatic nitrogens is 4. The van der Waals surface area contributed by atoms with Crippen molar-refractivity contribution in [1.82, 2.24) is 23.6 Å². The SMILES string of the molecule is CCN(CC)C(=S)SCCCn1cnc2c1c(=O)n(C)c(=O)n2C. The Bertz CT molecular complexity index is 848. The number of thiocarbonyl (C=S) groups is 1. The molecule has 132 valence electrons. The van der Waals surface area contributed by atoms with Gasteiger partial charge in [-0.05, 0) is 20.3 Å². The van der Waals surface area contributed by atoms with Crippen LogP contribution >= 0.6 is 24.0 Å². The van der Waals surface area contributed by atoms with Crippen molar-refractivity contribution in [1.29, 1.82) is 0 Å². The highest BCUT2D eigenvalue weighted by Gasteiger charge is 2.14. The molecule has 2 heterocycles. The fourth-order valence-electron chi connectivity index (χ4n) is 2.53. The third-order valence-corrected chi connectivity index (χ3v) is 5.62. The molecule has 7 nitrogen and oxygen atoms in total. The Morgan fingerprint density at radius 1 is 1.25 bits per heavy atom. The molecule has 24 heavy (non-hydrogen) atoms. The summed E-state index contributed by atoms with van der Waals surface area (Å²) in [4.78, 5) is 30.6. The lowest BCUT2D eigenvalue weighted by molar-refractivity contribution is 0.482. The Morgan fingerprint density at radius 3 is 2.54 bits per heavy atom. The van der Waals surface area contributed by atoms with Crippen LogP contribution in [0.3, 0.4) is 0 Å². The van der Waals surface area contributed by atoms with Crippen LogP contribution in [0.1, 0.15) is 20.3 Å². The van der Waals surface area contributed by atoms with Gasteiger partial charge in [0.15, 0.2) is 11.2 Å². The number of fused-ring (bicyclic) bond motifs is 1. The van der Waals surface area contributed by atoms with Crippen molar-refractivity contribution in [3.63, 3.8) is 0 Å². The number of imidazole rings is 1. The summed E-state index contributed by atoms with van der Waals surface area (Å²) in [5.41, 5.74) is 0.222. The Labute approximate surface area is 150 Å². The van der Waals surface area contributed by atoms with E-state index in [0.29, 0.717) is 17.7 Å². The Kier molecular flexibility index (Phi) is 6.22. The van der Waals surface area contributed by atoms with Crippen molar-refractivity contribution in [2.45, 2.75) is 26.8 Å². The van der Waals surface area contributed by atoms with Gasteiger partial charge in [0, 0.05) is 39.5 Å². The van der Waals surface area contributed by atoms with Crippen LogP contribution in [0, 0.1) is 0 Å². The summed E-state index contributed by atoms with van der Waals surface area (Å²) >= 11 is 7.07. The van der Waals surface area contributed by atoms with Gasteiger partial charge in [-0.25, -0.2) is 9.78 Å². The zero-order valence-corrected chi connectivity index (χ0v) is 16.1. The van der Waals surface area contributed by atoms with E-state index in [9.17, 15) is 9.59 Å². The number of rotatable bonds is 6. The summed E-state index contributed by atoms with van der Waals surface area (Å²) in [5.74, 6) is 0.876. The highest BCUT2D eigenvalue weighted by Crippen LogP contribution is 2.12. The molecule has 0 aromatic carbocycles. The Morgan fingerprint density at radius 2 is 1.92 bits per heavy atom. The maximum atomic E-state index is 12.3. The minimum Gasteiger partial charge on any atom is -0.358 e. The average molecular weight is 370 g/mol. The molecule has 2 rings (SSSR count). The third-order valence-electron chi connectivity index (χ3n) is 4.01. The minimum atomic E-state index is -0.363. The lowest BCUT2D eigenvalue weighted by Crippen LogP contribution is -2.37. The second-order valence-corrected chi connectivity index (χ2v) is 7.18. The van der Waals surface area contributed by atoms with E-state index in [1.165, 1.54) is 11.6 Å². The summed E-state index contributed by atoms with van der Waals surface area (Å²) in [6.07, 6.45) is 2.49. The second-order valence-electron chi connectivity index (χ2n) is 5.46. The molecule has 0 bridgehead atoms. The maximum Gasteiger partial charge on any atom is 0.332 e. The van der Waals surface area contributed by atoms with E-state index in [-0.39, 0.29) is 11.2 Å². The van der Waals surface area contributed by atoms with E-state index in [2.05, 4.69) is 23.7 Å². The standard InChI is InChI=1S/C15H23N5O2S2/c1-5-19(6-2)15(23)24-9-7-8-20-10-16-12-11(20)13(21)18(4)14(22)17(12)3/h10H,5-9H2,1-4H3. The molecule has 0 fully saturated rings. The van der Waals surface area contributed by atoms with Gasteiger partial charge in [-0.3, -0.25) is 13.9 Å². The van der Waals surface area contributed by atoms with Crippen LogP contribution in [0.15, 0.2) is 15.9 Å². The molecule has 0 spiro atoms. The summed E-state index contributed by atoms with van der Waals surface area (Å²) in [6.45, 7) is 6.68. The summed E-state index contributed by atoms with van der Waals surface area (Å²) in [5, 5.41) is 0. The molecule has 2 aromatic heterocycles. The van der Waals surface area contributed by atoms with Gasteiger partial charge in [0.05, 0.1) is 6.33 Å². The van der Waals surface area contributed by atoms with Crippen molar-refractivity contribution < 1.29 is 0 Å². The predicted molar refractivity (Wildman–Crippen MR) is 103 cm³/mol. The lowest BCUT2D eigenvalue weighted by atomic mass is 10.4.